The summed E-state index contributed by atoms with van der Waals surface area (Å²) < 4.78 is 22.2. The van der Waals surface area contributed by atoms with E-state index < -0.39 is 0 Å². The van der Waals surface area contributed by atoms with E-state index in [4.69, 9.17) is 18.9 Å². The predicted octanol–water partition coefficient (Wildman–Crippen LogP) is 3.86. The van der Waals surface area contributed by atoms with Crippen LogP contribution in [-0.4, -0.2) is 58.4 Å². The highest BCUT2D eigenvalue weighted by molar-refractivity contribution is 5.78. The highest BCUT2D eigenvalue weighted by Gasteiger charge is 2.31. The molecule has 35 heavy (non-hydrogen) atoms. The molecular weight excluding hydrogens is 444 g/mol. The van der Waals surface area contributed by atoms with Gasteiger partial charge in [0, 0.05) is 6.54 Å². The van der Waals surface area contributed by atoms with E-state index in [9.17, 15) is 4.79 Å². The van der Waals surface area contributed by atoms with Gasteiger partial charge in [-0.25, -0.2) is 0 Å². The van der Waals surface area contributed by atoms with E-state index in [0.29, 0.717) is 30.4 Å². The maximum atomic E-state index is 12.9. The summed E-state index contributed by atoms with van der Waals surface area (Å²) in [5.41, 5.74) is 3.47. The predicted molar refractivity (Wildman–Crippen MR) is 135 cm³/mol. The van der Waals surface area contributed by atoms with Crippen LogP contribution in [0, 0.1) is 0 Å². The normalized spacial score (nSPS) is 15.1. The molecule has 1 heterocycles. The topological polar surface area (TPSA) is 69.3 Å². The third-order valence-corrected chi connectivity index (χ3v) is 6.19. The number of amides is 1. The van der Waals surface area contributed by atoms with Gasteiger partial charge < -0.3 is 24.3 Å². The quantitative estimate of drug-likeness (QED) is 0.448. The smallest absolute Gasteiger partial charge is 0.234 e. The summed E-state index contributed by atoms with van der Waals surface area (Å²) in [6.45, 7) is 1.80. The Balaban J connectivity index is 1.45. The van der Waals surface area contributed by atoms with Crippen molar-refractivity contribution in [2.24, 2.45) is 0 Å². The molecule has 0 saturated heterocycles. The Bertz CT molecular complexity index is 1140. The molecule has 1 aliphatic heterocycles. The van der Waals surface area contributed by atoms with Crippen LogP contribution in [0.3, 0.4) is 0 Å². The highest BCUT2D eigenvalue weighted by atomic mass is 16.5. The van der Waals surface area contributed by atoms with E-state index in [1.54, 1.807) is 21.3 Å². The number of carbonyl (C=O) groups is 1. The van der Waals surface area contributed by atoms with Crippen molar-refractivity contribution in [2.75, 3.05) is 47.6 Å². The van der Waals surface area contributed by atoms with Gasteiger partial charge in [-0.05, 0) is 47.4 Å². The van der Waals surface area contributed by atoms with Gasteiger partial charge in [0.25, 0.3) is 0 Å². The fourth-order valence-corrected chi connectivity index (χ4v) is 4.52. The van der Waals surface area contributed by atoms with E-state index in [1.165, 1.54) is 5.56 Å². The molecular formula is C28H32N2O5. The molecule has 1 N–H and O–H groups in total. The van der Waals surface area contributed by atoms with Crippen molar-refractivity contribution in [3.05, 3.63) is 83.4 Å². The summed E-state index contributed by atoms with van der Waals surface area (Å²) in [6.07, 6.45) is 0.823. The Morgan fingerprint density at radius 2 is 1.54 bits per heavy atom. The Kier molecular flexibility index (Phi) is 8.11. The molecule has 0 saturated carbocycles. The largest absolute Gasteiger partial charge is 0.493 e. The minimum absolute atomic E-state index is 0.0431. The molecule has 3 aromatic carbocycles. The number of hydrogen-bond acceptors (Lipinski definition) is 6. The third-order valence-electron chi connectivity index (χ3n) is 6.19. The van der Waals surface area contributed by atoms with Crippen LogP contribution in [0.2, 0.25) is 0 Å². The van der Waals surface area contributed by atoms with Gasteiger partial charge in [0.2, 0.25) is 5.91 Å². The maximum absolute atomic E-state index is 12.9. The fraction of sp³-hybridized carbons (Fsp3) is 0.321. The van der Waals surface area contributed by atoms with E-state index in [0.717, 1.165) is 29.8 Å². The number of rotatable bonds is 10. The molecule has 184 valence electrons. The maximum Gasteiger partial charge on any atom is 0.234 e. The van der Waals surface area contributed by atoms with Gasteiger partial charge >= 0.3 is 0 Å². The summed E-state index contributed by atoms with van der Waals surface area (Å²) in [5, 5.41) is 2.98. The van der Waals surface area contributed by atoms with Crippen molar-refractivity contribution in [3.63, 3.8) is 0 Å². The van der Waals surface area contributed by atoms with Crippen LogP contribution in [0.1, 0.15) is 22.7 Å². The lowest BCUT2D eigenvalue weighted by molar-refractivity contribution is -0.122. The molecule has 0 fully saturated rings. The van der Waals surface area contributed by atoms with Gasteiger partial charge in [0.15, 0.2) is 23.0 Å². The lowest BCUT2D eigenvalue weighted by atomic mass is 9.87. The van der Waals surface area contributed by atoms with Crippen LogP contribution < -0.4 is 24.3 Å². The third kappa shape index (κ3) is 5.69. The average molecular weight is 477 g/mol. The first kappa shape index (κ1) is 24.4. The molecule has 0 radical (unpaired) electrons. The van der Waals surface area contributed by atoms with E-state index in [-0.39, 0.29) is 18.5 Å². The standard InChI is InChI=1S/C28H32N2O5/c1-32-23-11-7-8-12-24(23)35-16-14-29-27(31)19-30-15-13-21-17-25(33-2)26(34-3)18-22(21)28(30)20-9-5-4-6-10-20/h4-12,17-18,28H,13-16,19H2,1-3H3,(H,29,31). The summed E-state index contributed by atoms with van der Waals surface area (Å²) in [5.74, 6) is 2.69. The van der Waals surface area contributed by atoms with Crippen LogP contribution in [0.4, 0.5) is 0 Å². The molecule has 1 unspecified atom stereocenters. The summed E-state index contributed by atoms with van der Waals surface area (Å²) in [6, 6.07) is 21.7. The van der Waals surface area contributed by atoms with Crippen molar-refractivity contribution in [1.29, 1.82) is 0 Å². The number of para-hydroxylation sites is 2. The Morgan fingerprint density at radius 3 is 2.26 bits per heavy atom. The lowest BCUT2D eigenvalue weighted by Crippen LogP contribution is -2.43. The molecule has 1 amide bonds. The van der Waals surface area contributed by atoms with Gasteiger partial charge in [-0.15, -0.1) is 0 Å². The summed E-state index contributed by atoms with van der Waals surface area (Å²) in [4.78, 5) is 15.1. The molecule has 0 aromatic heterocycles. The van der Waals surface area contributed by atoms with E-state index in [2.05, 4.69) is 28.4 Å². The molecule has 7 heteroatoms. The van der Waals surface area contributed by atoms with Crippen LogP contribution >= 0.6 is 0 Å². The van der Waals surface area contributed by atoms with Crippen molar-refractivity contribution in [1.82, 2.24) is 10.2 Å². The number of ether oxygens (including phenoxy) is 4. The first-order valence-corrected chi connectivity index (χ1v) is 11.7. The fourth-order valence-electron chi connectivity index (χ4n) is 4.52. The molecule has 0 bridgehead atoms. The van der Waals surface area contributed by atoms with E-state index in [1.807, 2.05) is 48.5 Å². The van der Waals surface area contributed by atoms with Gasteiger partial charge in [-0.3, -0.25) is 9.69 Å². The molecule has 0 spiro atoms. The first-order valence-electron chi connectivity index (χ1n) is 11.7. The average Bonchev–Trinajstić information content (AvgIpc) is 2.90. The first-order chi connectivity index (χ1) is 17.1. The van der Waals surface area contributed by atoms with Crippen LogP contribution in [-0.2, 0) is 11.2 Å². The molecule has 3 aromatic rings. The second kappa shape index (κ2) is 11.6. The minimum atomic E-state index is -0.0599. The van der Waals surface area contributed by atoms with E-state index >= 15 is 0 Å². The molecule has 1 atom stereocenters. The van der Waals surface area contributed by atoms with Gasteiger partial charge in [-0.2, -0.15) is 0 Å². The summed E-state index contributed by atoms with van der Waals surface area (Å²) in [7, 11) is 4.90. The number of nitrogens with zero attached hydrogens (tertiary/aromatic N) is 1. The zero-order valence-corrected chi connectivity index (χ0v) is 20.5. The molecule has 1 aliphatic rings. The van der Waals surface area contributed by atoms with Gasteiger partial charge in [0.05, 0.1) is 40.5 Å². The summed E-state index contributed by atoms with van der Waals surface area (Å²) >= 11 is 0. The van der Waals surface area contributed by atoms with Crippen LogP contribution in [0.5, 0.6) is 23.0 Å². The number of carbonyl (C=O) groups excluding carboxylic acids is 1. The Hall–Kier alpha value is -3.71. The van der Waals surface area contributed by atoms with Gasteiger partial charge in [-0.1, -0.05) is 42.5 Å². The molecule has 7 nitrogen and oxygen atoms in total. The minimum Gasteiger partial charge on any atom is -0.493 e. The number of benzene rings is 3. The zero-order valence-electron chi connectivity index (χ0n) is 20.5. The monoisotopic (exact) mass is 476 g/mol. The number of nitrogens with one attached hydrogen (secondary N) is 1. The second-order valence-corrected chi connectivity index (χ2v) is 8.29. The van der Waals surface area contributed by atoms with Crippen molar-refractivity contribution < 1.29 is 23.7 Å². The van der Waals surface area contributed by atoms with Crippen molar-refractivity contribution >= 4 is 5.91 Å². The second-order valence-electron chi connectivity index (χ2n) is 8.29. The number of methoxy groups -OCH3 is 3. The highest BCUT2D eigenvalue weighted by Crippen LogP contribution is 2.40. The molecule has 0 aliphatic carbocycles. The molecule has 4 rings (SSSR count). The van der Waals surface area contributed by atoms with Crippen LogP contribution in [0.25, 0.3) is 0 Å². The van der Waals surface area contributed by atoms with Crippen LogP contribution in [0.15, 0.2) is 66.7 Å². The number of fused-ring (bicyclic) bond motifs is 1. The zero-order chi connectivity index (χ0) is 24.6. The Morgan fingerprint density at radius 1 is 0.886 bits per heavy atom. The SMILES string of the molecule is COc1cc2c(cc1OC)C(c1ccccc1)N(CC(=O)NCCOc1ccccc1OC)CC2. The van der Waals surface area contributed by atoms with Crippen molar-refractivity contribution in [2.45, 2.75) is 12.5 Å². The van der Waals surface area contributed by atoms with Gasteiger partial charge in [0.1, 0.15) is 6.61 Å². The Labute approximate surface area is 206 Å². The number of hydrogen-bond donors (Lipinski definition) is 1. The lowest BCUT2D eigenvalue weighted by Gasteiger charge is -2.37. The van der Waals surface area contributed by atoms with Crippen molar-refractivity contribution in [3.8, 4) is 23.0 Å².